The summed E-state index contributed by atoms with van der Waals surface area (Å²) in [6, 6.07) is 3.84. The quantitative estimate of drug-likeness (QED) is 0.842. The zero-order chi connectivity index (χ0) is 12.3. The van der Waals surface area contributed by atoms with Crippen LogP contribution in [0, 0.1) is 5.41 Å². The largest absolute Gasteiger partial charge is 0.396 e. The van der Waals surface area contributed by atoms with Crippen molar-refractivity contribution in [2.75, 3.05) is 19.7 Å². The molecule has 1 N–H and O–H groups in total. The number of hydrogen-bond acceptors (Lipinski definition) is 3. The summed E-state index contributed by atoms with van der Waals surface area (Å²) >= 11 is 5.76. The van der Waals surface area contributed by atoms with E-state index >= 15 is 0 Å². The third-order valence-electron chi connectivity index (χ3n) is 3.44. The number of halogens is 1. The first kappa shape index (κ1) is 12.8. The second-order valence-electron chi connectivity index (χ2n) is 5.27. The Morgan fingerprint density at radius 1 is 1.53 bits per heavy atom. The number of aromatic nitrogens is 1. The highest BCUT2D eigenvalue weighted by atomic mass is 35.5. The number of hydrogen-bond donors (Lipinski definition) is 1. The summed E-state index contributed by atoms with van der Waals surface area (Å²) in [6.07, 6.45) is 4.09. The fourth-order valence-electron chi connectivity index (χ4n) is 2.45. The Hall–Kier alpha value is -0.640. The second kappa shape index (κ2) is 5.34. The van der Waals surface area contributed by atoms with Gasteiger partial charge in [0.1, 0.15) is 5.15 Å². The van der Waals surface area contributed by atoms with Crippen molar-refractivity contribution in [3.05, 3.63) is 29.0 Å². The highest BCUT2D eigenvalue weighted by molar-refractivity contribution is 6.29. The van der Waals surface area contributed by atoms with E-state index < -0.39 is 0 Å². The van der Waals surface area contributed by atoms with Crippen molar-refractivity contribution in [1.29, 1.82) is 0 Å². The molecule has 1 aromatic rings. The van der Waals surface area contributed by atoms with Gasteiger partial charge >= 0.3 is 0 Å². The summed E-state index contributed by atoms with van der Waals surface area (Å²) in [6.45, 7) is 5.35. The first-order valence-electron chi connectivity index (χ1n) is 6.05. The summed E-state index contributed by atoms with van der Waals surface area (Å²) in [4.78, 5) is 6.47. The third-order valence-corrected chi connectivity index (χ3v) is 3.66. The third kappa shape index (κ3) is 3.41. The molecule has 0 aromatic carbocycles. The van der Waals surface area contributed by atoms with E-state index in [1.165, 1.54) is 5.56 Å². The maximum atomic E-state index is 9.41. The summed E-state index contributed by atoms with van der Waals surface area (Å²) in [5, 5.41) is 9.95. The average molecular weight is 255 g/mol. The van der Waals surface area contributed by atoms with Crippen molar-refractivity contribution in [2.24, 2.45) is 5.41 Å². The minimum atomic E-state index is 0.0537. The summed E-state index contributed by atoms with van der Waals surface area (Å²) in [5.74, 6) is 0. The lowest BCUT2D eigenvalue weighted by atomic mass is 9.83. The molecule has 0 aliphatic carbocycles. The highest BCUT2D eigenvalue weighted by Gasteiger charge is 2.30. The molecule has 0 radical (unpaired) electrons. The summed E-state index contributed by atoms with van der Waals surface area (Å²) < 4.78 is 0. The number of aliphatic hydroxyl groups excluding tert-OH is 1. The van der Waals surface area contributed by atoms with Crippen molar-refractivity contribution >= 4 is 11.6 Å². The summed E-state index contributed by atoms with van der Waals surface area (Å²) in [7, 11) is 0. The van der Waals surface area contributed by atoms with Crippen LogP contribution in [0.2, 0.25) is 5.15 Å². The van der Waals surface area contributed by atoms with E-state index in [0.29, 0.717) is 5.15 Å². The Morgan fingerprint density at radius 2 is 2.35 bits per heavy atom. The fourth-order valence-corrected chi connectivity index (χ4v) is 2.56. The molecule has 1 aliphatic heterocycles. The van der Waals surface area contributed by atoms with E-state index in [9.17, 15) is 5.11 Å². The van der Waals surface area contributed by atoms with Gasteiger partial charge in [-0.05, 0) is 31.0 Å². The van der Waals surface area contributed by atoms with Gasteiger partial charge in [0.05, 0.1) is 0 Å². The minimum Gasteiger partial charge on any atom is -0.396 e. The predicted molar refractivity (Wildman–Crippen MR) is 69.0 cm³/mol. The van der Waals surface area contributed by atoms with E-state index in [1.807, 2.05) is 18.3 Å². The predicted octanol–water partition coefficient (Wildman–Crippen LogP) is 2.33. The molecular weight excluding hydrogens is 236 g/mol. The second-order valence-corrected chi connectivity index (χ2v) is 5.66. The van der Waals surface area contributed by atoms with Gasteiger partial charge in [-0.15, -0.1) is 0 Å². The lowest BCUT2D eigenvalue weighted by Gasteiger charge is -2.39. The van der Waals surface area contributed by atoms with Crippen molar-refractivity contribution in [3.63, 3.8) is 0 Å². The Labute approximate surface area is 107 Å². The van der Waals surface area contributed by atoms with Gasteiger partial charge in [-0.1, -0.05) is 24.6 Å². The van der Waals surface area contributed by atoms with Gasteiger partial charge in [0, 0.05) is 31.3 Å². The van der Waals surface area contributed by atoms with Crippen LogP contribution in [0.1, 0.15) is 25.3 Å². The average Bonchev–Trinajstić information content (AvgIpc) is 2.32. The van der Waals surface area contributed by atoms with E-state index in [0.717, 1.165) is 32.5 Å². The molecule has 2 rings (SSSR count). The molecule has 1 aromatic heterocycles. The molecular formula is C13H19ClN2O. The van der Waals surface area contributed by atoms with Crippen molar-refractivity contribution in [3.8, 4) is 0 Å². The number of nitrogens with zero attached hydrogens (tertiary/aromatic N) is 2. The van der Waals surface area contributed by atoms with Gasteiger partial charge in [-0.3, -0.25) is 4.90 Å². The van der Waals surface area contributed by atoms with Crippen molar-refractivity contribution < 1.29 is 5.11 Å². The van der Waals surface area contributed by atoms with Crippen LogP contribution in [-0.4, -0.2) is 34.7 Å². The van der Waals surface area contributed by atoms with Crippen molar-refractivity contribution in [1.82, 2.24) is 9.88 Å². The molecule has 1 aliphatic rings. The maximum Gasteiger partial charge on any atom is 0.129 e. The minimum absolute atomic E-state index is 0.0537. The van der Waals surface area contributed by atoms with Gasteiger partial charge in [-0.25, -0.2) is 4.98 Å². The van der Waals surface area contributed by atoms with Crippen LogP contribution in [0.15, 0.2) is 18.3 Å². The first-order chi connectivity index (χ1) is 8.11. The Bertz CT molecular complexity index is 368. The highest BCUT2D eigenvalue weighted by Crippen LogP contribution is 2.29. The van der Waals surface area contributed by atoms with Gasteiger partial charge in [0.15, 0.2) is 0 Å². The van der Waals surface area contributed by atoms with Crippen LogP contribution < -0.4 is 0 Å². The number of pyridine rings is 1. The smallest absolute Gasteiger partial charge is 0.129 e. The number of likely N-dealkylation sites (tertiary alicyclic amines) is 1. The molecule has 0 bridgehead atoms. The van der Waals surface area contributed by atoms with Crippen LogP contribution in [0.3, 0.4) is 0 Å². The summed E-state index contributed by atoms with van der Waals surface area (Å²) in [5.41, 5.74) is 1.23. The number of aliphatic hydroxyl groups is 1. The molecule has 2 heterocycles. The standard InChI is InChI=1S/C13H19ClN2O/c1-13(10-17)5-2-6-16(9-13)8-11-3-4-12(14)15-7-11/h3-4,7,17H,2,5-6,8-10H2,1H3. The van der Waals surface area contributed by atoms with Crippen LogP contribution in [0.4, 0.5) is 0 Å². The van der Waals surface area contributed by atoms with Crippen molar-refractivity contribution in [2.45, 2.75) is 26.3 Å². The molecule has 1 saturated heterocycles. The molecule has 4 heteroatoms. The van der Waals surface area contributed by atoms with Crippen LogP contribution >= 0.6 is 11.6 Å². The molecule has 3 nitrogen and oxygen atoms in total. The molecule has 0 spiro atoms. The van der Waals surface area contributed by atoms with E-state index in [-0.39, 0.29) is 12.0 Å². The Kier molecular flexibility index (Phi) is 4.02. The Balaban J connectivity index is 1.97. The molecule has 1 atom stereocenters. The normalized spacial score (nSPS) is 26.1. The van der Waals surface area contributed by atoms with Gasteiger partial charge in [0.2, 0.25) is 0 Å². The molecule has 1 unspecified atom stereocenters. The number of rotatable bonds is 3. The SMILES string of the molecule is CC1(CO)CCCN(Cc2ccc(Cl)nc2)C1. The van der Waals surface area contributed by atoms with Crippen LogP contribution in [0.5, 0.6) is 0 Å². The topological polar surface area (TPSA) is 36.4 Å². The monoisotopic (exact) mass is 254 g/mol. The van der Waals surface area contributed by atoms with Gasteiger partial charge in [-0.2, -0.15) is 0 Å². The van der Waals surface area contributed by atoms with E-state index in [4.69, 9.17) is 11.6 Å². The molecule has 0 amide bonds. The molecule has 17 heavy (non-hydrogen) atoms. The van der Waals surface area contributed by atoms with E-state index in [1.54, 1.807) is 0 Å². The van der Waals surface area contributed by atoms with Gasteiger partial charge < -0.3 is 5.11 Å². The zero-order valence-electron chi connectivity index (χ0n) is 10.2. The Morgan fingerprint density at radius 3 is 3.00 bits per heavy atom. The fraction of sp³-hybridized carbons (Fsp3) is 0.615. The van der Waals surface area contributed by atoms with Crippen LogP contribution in [0.25, 0.3) is 0 Å². The van der Waals surface area contributed by atoms with Crippen LogP contribution in [-0.2, 0) is 6.54 Å². The first-order valence-corrected chi connectivity index (χ1v) is 6.43. The molecule has 0 saturated carbocycles. The lowest BCUT2D eigenvalue weighted by molar-refractivity contribution is 0.0429. The van der Waals surface area contributed by atoms with Gasteiger partial charge in [0.25, 0.3) is 0 Å². The molecule has 1 fully saturated rings. The van der Waals surface area contributed by atoms with E-state index in [2.05, 4.69) is 16.8 Å². The maximum absolute atomic E-state index is 9.41. The lowest BCUT2D eigenvalue weighted by Crippen LogP contribution is -2.43. The molecule has 94 valence electrons. The zero-order valence-corrected chi connectivity index (χ0v) is 11.0. The number of piperidine rings is 1.